The molecular weight excluding hydrogens is 220 g/mol. The number of carbonyl (C=O) groups is 2. The molecule has 17 heavy (non-hydrogen) atoms. The summed E-state index contributed by atoms with van der Waals surface area (Å²) in [6.07, 6.45) is 1.98. The van der Waals surface area contributed by atoms with Crippen LogP contribution in [-0.4, -0.2) is 24.8 Å². The number of hydrogen-bond acceptors (Lipinski definition) is 4. The second kappa shape index (κ2) is 3.87. The van der Waals surface area contributed by atoms with Crippen LogP contribution in [-0.2, 0) is 4.79 Å². The summed E-state index contributed by atoms with van der Waals surface area (Å²) < 4.78 is 10.6. The van der Waals surface area contributed by atoms with Crippen molar-refractivity contribution in [3.05, 3.63) is 23.8 Å². The molecule has 88 valence electrons. The highest BCUT2D eigenvalue weighted by molar-refractivity contribution is 6.02. The van der Waals surface area contributed by atoms with E-state index in [0.717, 1.165) is 12.8 Å². The van der Waals surface area contributed by atoms with Gasteiger partial charge in [0.2, 0.25) is 5.78 Å². The molecule has 0 atom stereocenters. The van der Waals surface area contributed by atoms with Gasteiger partial charge in [0.1, 0.15) is 18.1 Å². The van der Waals surface area contributed by atoms with E-state index in [-0.39, 0.29) is 30.7 Å². The van der Waals surface area contributed by atoms with Gasteiger partial charge in [-0.25, -0.2) is 0 Å². The quantitative estimate of drug-likeness (QED) is 0.791. The van der Waals surface area contributed by atoms with Crippen LogP contribution in [0.3, 0.4) is 0 Å². The van der Waals surface area contributed by atoms with E-state index < -0.39 is 0 Å². The van der Waals surface area contributed by atoms with E-state index in [0.29, 0.717) is 17.1 Å². The molecule has 4 nitrogen and oxygen atoms in total. The Morgan fingerprint density at radius 3 is 3.00 bits per heavy atom. The van der Waals surface area contributed by atoms with Crippen molar-refractivity contribution in [3.8, 4) is 11.5 Å². The molecule has 1 saturated carbocycles. The molecule has 0 bridgehead atoms. The summed E-state index contributed by atoms with van der Waals surface area (Å²) in [6, 6.07) is 5.05. The number of rotatable bonds is 4. The fraction of sp³-hybridized carbons (Fsp3) is 0.385. The summed E-state index contributed by atoms with van der Waals surface area (Å²) >= 11 is 0. The zero-order valence-corrected chi connectivity index (χ0v) is 9.27. The number of fused-ring (bicyclic) bond motifs is 1. The number of ether oxygens (including phenoxy) is 2. The predicted molar refractivity (Wildman–Crippen MR) is 59.5 cm³/mol. The largest absolute Gasteiger partial charge is 0.486 e. The third-order valence-corrected chi connectivity index (χ3v) is 3.03. The highest BCUT2D eigenvalue weighted by atomic mass is 16.5. The molecule has 1 aliphatic heterocycles. The number of Topliss-reactive ketones (excluding diaryl/α,β-unsaturated/α-hetero) is 2. The molecule has 1 aromatic carbocycles. The number of carbonyl (C=O) groups excluding carboxylic acids is 2. The minimum atomic E-state index is -0.0133. The van der Waals surface area contributed by atoms with Gasteiger partial charge in [0.15, 0.2) is 12.4 Å². The summed E-state index contributed by atoms with van der Waals surface area (Å²) in [5.41, 5.74) is 0.589. The molecule has 3 rings (SSSR count). The highest BCUT2D eigenvalue weighted by Crippen LogP contribution is 2.31. The Bertz CT molecular complexity index is 488. The standard InChI is InChI=1S/C13H12O4/c14-11(8-1-2-8)6-16-9-3-4-10-12(15)7-17-13(10)5-9/h3-5,8H,1-2,6-7H2. The van der Waals surface area contributed by atoms with Crippen molar-refractivity contribution in [3.63, 3.8) is 0 Å². The van der Waals surface area contributed by atoms with Gasteiger partial charge >= 0.3 is 0 Å². The average molecular weight is 232 g/mol. The third kappa shape index (κ3) is 2.02. The Morgan fingerprint density at radius 2 is 2.24 bits per heavy atom. The minimum absolute atomic E-state index is 0.0133. The zero-order chi connectivity index (χ0) is 11.8. The van der Waals surface area contributed by atoms with Crippen molar-refractivity contribution >= 4 is 11.6 Å². The minimum Gasteiger partial charge on any atom is -0.486 e. The normalized spacial score (nSPS) is 17.5. The zero-order valence-electron chi connectivity index (χ0n) is 9.27. The maximum absolute atomic E-state index is 11.5. The van der Waals surface area contributed by atoms with E-state index in [1.165, 1.54) is 0 Å². The van der Waals surface area contributed by atoms with Crippen LogP contribution in [0.5, 0.6) is 11.5 Å². The van der Waals surface area contributed by atoms with Crippen molar-refractivity contribution in [1.29, 1.82) is 0 Å². The Morgan fingerprint density at radius 1 is 1.41 bits per heavy atom. The molecule has 1 fully saturated rings. The lowest BCUT2D eigenvalue weighted by atomic mass is 10.1. The van der Waals surface area contributed by atoms with Gasteiger partial charge in [-0.2, -0.15) is 0 Å². The SMILES string of the molecule is O=C1COc2cc(OCC(=O)C3CC3)ccc21. The lowest BCUT2D eigenvalue weighted by molar-refractivity contribution is -0.122. The lowest BCUT2D eigenvalue weighted by Crippen LogP contribution is -2.12. The van der Waals surface area contributed by atoms with Crippen LogP contribution in [0, 0.1) is 5.92 Å². The topological polar surface area (TPSA) is 52.6 Å². The molecule has 0 amide bonds. The molecule has 2 aliphatic rings. The Hall–Kier alpha value is -1.84. The van der Waals surface area contributed by atoms with E-state index in [1.807, 2.05) is 0 Å². The van der Waals surface area contributed by atoms with E-state index >= 15 is 0 Å². The van der Waals surface area contributed by atoms with Crippen LogP contribution < -0.4 is 9.47 Å². The van der Waals surface area contributed by atoms with Gasteiger partial charge in [-0.15, -0.1) is 0 Å². The average Bonchev–Trinajstić information content (AvgIpc) is 3.12. The maximum atomic E-state index is 11.5. The summed E-state index contributed by atoms with van der Waals surface area (Å²) in [4.78, 5) is 22.8. The van der Waals surface area contributed by atoms with Crippen molar-refractivity contribution < 1.29 is 19.1 Å². The van der Waals surface area contributed by atoms with Crippen molar-refractivity contribution in [2.45, 2.75) is 12.8 Å². The molecule has 4 heteroatoms. The first-order valence-corrected chi connectivity index (χ1v) is 5.69. The highest BCUT2D eigenvalue weighted by Gasteiger charge is 2.29. The van der Waals surface area contributed by atoms with Gasteiger partial charge in [-0.05, 0) is 25.0 Å². The number of ketones is 2. The fourth-order valence-corrected chi connectivity index (χ4v) is 1.84. The summed E-state index contributed by atoms with van der Waals surface area (Å²) in [6.45, 7) is 0.206. The number of hydrogen-bond donors (Lipinski definition) is 0. The van der Waals surface area contributed by atoms with E-state index in [1.54, 1.807) is 18.2 Å². The maximum Gasteiger partial charge on any atom is 0.203 e. The van der Waals surface area contributed by atoms with Crippen LogP contribution in [0.25, 0.3) is 0 Å². The lowest BCUT2D eigenvalue weighted by Gasteiger charge is -2.06. The first-order chi connectivity index (χ1) is 8.24. The van der Waals surface area contributed by atoms with Gasteiger partial charge in [-0.1, -0.05) is 0 Å². The van der Waals surface area contributed by atoms with E-state index in [2.05, 4.69) is 0 Å². The summed E-state index contributed by atoms with van der Waals surface area (Å²) in [5, 5.41) is 0. The summed E-state index contributed by atoms with van der Waals surface area (Å²) in [5.74, 6) is 1.48. The first kappa shape index (κ1) is 10.3. The first-order valence-electron chi connectivity index (χ1n) is 5.69. The molecule has 1 aromatic rings. The Labute approximate surface area is 98.5 Å². The second-order valence-electron chi connectivity index (χ2n) is 4.40. The molecule has 0 unspecified atom stereocenters. The van der Waals surface area contributed by atoms with Gasteiger partial charge in [0.25, 0.3) is 0 Å². The van der Waals surface area contributed by atoms with E-state index in [9.17, 15) is 9.59 Å². The molecule has 0 N–H and O–H groups in total. The third-order valence-electron chi connectivity index (χ3n) is 3.03. The molecule has 0 saturated heterocycles. The fourth-order valence-electron chi connectivity index (χ4n) is 1.84. The summed E-state index contributed by atoms with van der Waals surface area (Å²) in [7, 11) is 0. The molecule has 0 radical (unpaired) electrons. The van der Waals surface area contributed by atoms with Crippen molar-refractivity contribution in [2.24, 2.45) is 5.92 Å². The van der Waals surface area contributed by atoms with Gasteiger partial charge in [-0.3, -0.25) is 9.59 Å². The van der Waals surface area contributed by atoms with Crippen LogP contribution in [0.15, 0.2) is 18.2 Å². The van der Waals surface area contributed by atoms with Crippen LogP contribution in [0.4, 0.5) is 0 Å². The predicted octanol–water partition coefficient (Wildman–Crippen LogP) is 1.62. The smallest absolute Gasteiger partial charge is 0.203 e. The number of benzene rings is 1. The molecule has 0 aromatic heterocycles. The van der Waals surface area contributed by atoms with Gasteiger partial charge in [0.05, 0.1) is 5.56 Å². The van der Waals surface area contributed by atoms with Crippen LogP contribution in [0.2, 0.25) is 0 Å². The Kier molecular flexibility index (Phi) is 2.35. The van der Waals surface area contributed by atoms with Crippen LogP contribution >= 0.6 is 0 Å². The molecule has 1 heterocycles. The van der Waals surface area contributed by atoms with Crippen LogP contribution in [0.1, 0.15) is 23.2 Å². The van der Waals surface area contributed by atoms with Gasteiger partial charge < -0.3 is 9.47 Å². The van der Waals surface area contributed by atoms with Crippen molar-refractivity contribution in [2.75, 3.05) is 13.2 Å². The molecule has 0 spiro atoms. The molecule has 1 aliphatic carbocycles. The van der Waals surface area contributed by atoms with Crippen molar-refractivity contribution in [1.82, 2.24) is 0 Å². The van der Waals surface area contributed by atoms with Gasteiger partial charge in [0, 0.05) is 12.0 Å². The Balaban J connectivity index is 1.67. The van der Waals surface area contributed by atoms with E-state index in [4.69, 9.17) is 9.47 Å². The molecular formula is C13H12O4. The second-order valence-corrected chi connectivity index (χ2v) is 4.40. The monoisotopic (exact) mass is 232 g/mol.